The van der Waals surface area contributed by atoms with Gasteiger partial charge < -0.3 is 4.74 Å². The lowest BCUT2D eigenvalue weighted by molar-refractivity contribution is -0.137. The van der Waals surface area contributed by atoms with E-state index in [4.69, 9.17) is 0 Å². The Kier molecular flexibility index (Phi) is 4.20. The van der Waals surface area contributed by atoms with E-state index in [0.29, 0.717) is 6.42 Å². The lowest BCUT2D eigenvalue weighted by atomic mass is 10.4. The first kappa shape index (κ1) is 8.88. The smallest absolute Gasteiger partial charge is 0.310 e. The van der Waals surface area contributed by atoms with Crippen LogP contribution >= 0.6 is 0 Å². The number of hydrogen-bond acceptors (Lipinski definition) is 3. The maximum absolute atomic E-state index is 10.4. The van der Waals surface area contributed by atoms with E-state index in [1.165, 1.54) is 13.0 Å². The van der Waals surface area contributed by atoms with Crippen molar-refractivity contribution < 1.29 is 14.3 Å². The van der Waals surface area contributed by atoms with Gasteiger partial charge in [-0.3, -0.25) is 9.59 Å². The Labute approximate surface area is 59.7 Å². The summed E-state index contributed by atoms with van der Waals surface area (Å²) in [6, 6.07) is 0. The van der Waals surface area contributed by atoms with E-state index in [2.05, 4.69) is 4.74 Å². The summed E-state index contributed by atoms with van der Waals surface area (Å²) < 4.78 is 4.46. The molecule has 3 heteroatoms. The predicted molar refractivity (Wildman–Crippen MR) is 36.2 cm³/mol. The van der Waals surface area contributed by atoms with Crippen molar-refractivity contribution in [3.05, 3.63) is 12.3 Å². The van der Waals surface area contributed by atoms with Gasteiger partial charge in [0.05, 0.1) is 6.26 Å². The molecule has 0 heterocycles. The Balaban J connectivity index is 3.53. The van der Waals surface area contributed by atoms with E-state index in [-0.39, 0.29) is 11.8 Å². The molecule has 3 nitrogen and oxygen atoms in total. The summed E-state index contributed by atoms with van der Waals surface area (Å²) in [5, 5.41) is 0. The highest BCUT2D eigenvalue weighted by molar-refractivity contribution is 5.87. The summed E-state index contributed by atoms with van der Waals surface area (Å²) in [5.74, 6) is -0.471. The average Bonchev–Trinajstić information content (AvgIpc) is 1.87. The number of allylic oxidation sites excluding steroid dienone is 1. The fourth-order valence-corrected chi connectivity index (χ4v) is 0.289. The third-order valence-electron chi connectivity index (χ3n) is 0.791. The van der Waals surface area contributed by atoms with Crippen molar-refractivity contribution in [3.63, 3.8) is 0 Å². The highest BCUT2D eigenvalue weighted by atomic mass is 16.5. The standard InChI is InChI=1S/C7H10O3/c1-3-7(9)10-5-4-6(2)8/h4-5H,3H2,1-2H3/b5-4+. The molecular weight excluding hydrogens is 132 g/mol. The van der Waals surface area contributed by atoms with Crippen LogP contribution in [0.15, 0.2) is 12.3 Å². The molecule has 0 aromatic rings. The first-order valence-electron chi connectivity index (χ1n) is 3.03. The van der Waals surface area contributed by atoms with Crippen molar-refractivity contribution >= 4 is 11.8 Å². The van der Waals surface area contributed by atoms with Gasteiger partial charge in [0.15, 0.2) is 5.78 Å². The minimum atomic E-state index is -0.336. The van der Waals surface area contributed by atoms with Crippen LogP contribution in [-0.2, 0) is 14.3 Å². The second kappa shape index (κ2) is 4.73. The molecule has 0 atom stereocenters. The third-order valence-corrected chi connectivity index (χ3v) is 0.791. The van der Waals surface area contributed by atoms with E-state index >= 15 is 0 Å². The Morgan fingerprint density at radius 3 is 2.50 bits per heavy atom. The number of esters is 1. The van der Waals surface area contributed by atoms with Gasteiger partial charge in [0.1, 0.15) is 0 Å². The summed E-state index contributed by atoms with van der Waals surface area (Å²) >= 11 is 0. The molecule has 56 valence electrons. The van der Waals surface area contributed by atoms with Gasteiger partial charge in [-0.25, -0.2) is 0 Å². The van der Waals surface area contributed by atoms with E-state index < -0.39 is 0 Å². The molecule has 0 N–H and O–H groups in total. The normalized spacial score (nSPS) is 9.80. The number of ketones is 1. The van der Waals surface area contributed by atoms with E-state index in [0.717, 1.165) is 6.26 Å². The quantitative estimate of drug-likeness (QED) is 0.336. The molecule has 0 aromatic carbocycles. The molecular formula is C7H10O3. The van der Waals surface area contributed by atoms with Crippen molar-refractivity contribution in [1.82, 2.24) is 0 Å². The molecule has 0 amide bonds. The monoisotopic (exact) mass is 142 g/mol. The summed E-state index contributed by atoms with van der Waals surface area (Å²) in [6.45, 7) is 3.07. The van der Waals surface area contributed by atoms with Gasteiger partial charge in [-0.2, -0.15) is 0 Å². The Bertz CT molecular complexity index is 158. The van der Waals surface area contributed by atoms with Crippen LogP contribution in [0.1, 0.15) is 20.3 Å². The van der Waals surface area contributed by atoms with Crippen LogP contribution in [0.3, 0.4) is 0 Å². The third kappa shape index (κ3) is 5.03. The fourth-order valence-electron chi connectivity index (χ4n) is 0.289. The van der Waals surface area contributed by atoms with Crippen LogP contribution in [0, 0.1) is 0 Å². The SMILES string of the molecule is CCC(=O)O/C=C/C(C)=O. The second-order valence-corrected chi connectivity index (χ2v) is 1.76. The van der Waals surface area contributed by atoms with Crippen LogP contribution in [-0.4, -0.2) is 11.8 Å². The lowest BCUT2D eigenvalue weighted by Crippen LogP contribution is -1.96. The Morgan fingerprint density at radius 2 is 2.10 bits per heavy atom. The molecule has 0 aliphatic rings. The number of carbonyl (C=O) groups is 2. The van der Waals surface area contributed by atoms with Crippen molar-refractivity contribution in [2.45, 2.75) is 20.3 Å². The maximum atomic E-state index is 10.4. The molecule has 0 bridgehead atoms. The largest absolute Gasteiger partial charge is 0.434 e. The van der Waals surface area contributed by atoms with Gasteiger partial charge in [0.2, 0.25) is 0 Å². The van der Waals surface area contributed by atoms with E-state index in [9.17, 15) is 9.59 Å². The minimum absolute atomic E-state index is 0.135. The summed E-state index contributed by atoms with van der Waals surface area (Å²) in [7, 11) is 0. The topological polar surface area (TPSA) is 43.4 Å². The van der Waals surface area contributed by atoms with Crippen LogP contribution in [0.5, 0.6) is 0 Å². The first-order valence-corrected chi connectivity index (χ1v) is 3.03. The minimum Gasteiger partial charge on any atom is -0.434 e. The molecule has 0 aromatic heterocycles. The molecule has 0 aliphatic heterocycles. The van der Waals surface area contributed by atoms with Crippen LogP contribution in [0.4, 0.5) is 0 Å². The highest BCUT2D eigenvalue weighted by Gasteiger charge is 1.92. The molecule has 0 rings (SSSR count). The molecule has 0 spiro atoms. The zero-order valence-electron chi connectivity index (χ0n) is 6.09. The van der Waals surface area contributed by atoms with Crippen molar-refractivity contribution in [1.29, 1.82) is 0 Å². The van der Waals surface area contributed by atoms with Gasteiger partial charge in [-0.15, -0.1) is 0 Å². The molecule has 10 heavy (non-hydrogen) atoms. The van der Waals surface area contributed by atoms with Gasteiger partial charge in [-0.1, -0.05) is 6.92 Å². The fraction of sp³-hybridized carbons (Fsp3) is 0.429. The summed E-state index contributed by atoms with van der Waals surface area (Å²) in [5.41, 5.74) is 0. The second-order valence-electron chi connectivity index (χ2n) is 1.76. The number of carbonyl (C=O) groups excluding carboxylic acids is 2. The van der Waals surface area contributed by atoms with Crippen LogP contribution in [0.2, 0.25) is 0 Å². The number of ether oxygens (including phenoxy) is 1. The molecule has 0 unspecified atom stereocenters. The predicted octanol–water partition coefficient (Wildman–Crippen LogP) is 1.04. The average molecular weight is 142 g/mol. The van der Waals surface area contributed by atoms with Crippen molar-refractivity contribution in [3.8, 4) is 0 Å². The zero-order chi connectivity index (χ0) is 7.98. The van der Waals surface area contributed by atoms with Gasteiger partial charge in [0.25, 0.3) is 0 Å². The first-order chi connectivity index (χ1) is 4.66. The van der Waals surface area contributed by atoms with Gasteiger partial charge >= 0.3 is 5.97 Å². The highest BCUT2D eigenvalue weighted by Crippen LogP contribution is 1.85. The molecule has 0 saturated carbocycles. The lowest BCUT2D eigenvalue weighted by Gasteiger charge is -1.91. The van der Waals surface area contributed by atoms with Crippen LogP contribution < -0.4 is 0 Å². The van der Waals surface area contributed by atoms with Crippen molar-refractivity contribution in [2.75, 3.05) is 0 Å². The van der Waals surface area contributed by atoms with E-state index in [1.807, 2.05) is 0 Å². The van der Waals surface area contributed by atoms with Crippen LogP contribution in [0.25, 0.3) is 0 Å². The molecule has 0 fully saturated rings. The summed E-state index contributed by atoms with van der Waals surface area (Å²) in [6.07, 6.45) is 2.63. The molecule has 0 aliphatic carbocycles. The Hall–Kier alpha value is -1.12. The zero-order valence-corrected chi connectivity index (χ0v) is 6.09. The number of hydrogen-bond donors (Lipinski definition) is 0. The van der Waals surface area contributed by atoms with Gasteiger partial charge in [-0.05, 0) is 6.92 Å². The van der Waals surface area contributed by atoms with E-state index in [1.54, 1.807) is 6.92 Å². The molecule has 0 saturated heterocycles. The Morgan fingerprint density at radius 1 is 1.50 bits per heavy atom. The number of rotatable bonds is 3. The van der Waals surface area contributed by atoms with Crippen molar-refractivity contribution in [2.24, 2.45) is 0 Å². The molecule has 0 radical (unpaired) electrons. The summed E-state index contributed by atoms with van der Waals surface area (Å²) in [4.78, 5) is 20.6. The van der Waals surface area contributed by atoms with Gasteiger partial charge in [0, 0.05) is 12.5 Å². The maximum Gasteiger partial charge on any atom is 0.310 e.